The smallest absolute Gasteiger partial charge is 0.0636 e. The van der Waals surface area contributed by atoms with Gasteiger partial charge in [-0.15, -0.1) is 11.8 Å². The van der Waals surface area contributed by atoms with E-state index in [1.165, 1.54) is 36.1 Å². The molecular weight excluding hydrogens is 254 g/mol. The maximum absolute atomic E-state index is 10.1. The lowest BCUT2D eigenvalue weighted by molar-refractivity contribution is 0.166. The molecule has 1 aliphatic carbocycles. The van der Waals surface area contributed by atoms with E-state index in [-0.39, 0.29) is 6.10 Å². The van der Waals surface area contributed by atoms with Gasteiger partial charge in [-0.1, -0.05) is 37.8 Å². The summed E-state index contributed by atoms with van der Waals surface area (Å²) < 4.78 is 0. The Labute approximate surface area is 121 Å². The molecule has 2 N–H and O–H groups in total. The Morgan fingerprint density at radius 2 is 2.16 bits per heavy atom. The molecule has 1 unspecified atom stereocenters. The summed E-state index contributed by atoms with van der Waals surface area (Å²) in [5, 5.41) is 13.3. The summed E-state index contributed by atoms with van der Waals surface area (Å²) in [7, 11) is 1.96. The molecular formula is C16H25NOS. The van der Waals surface area contributed by atoms with Gasteiger partial charge in [0.2, 0.25) is 0 Å². The zero-order valence-electron chi connectivity index (χ0n) is 11.8. The van der Waals surface area contributed by atoms with Crippen LogP contribution in [0.3, 0.4) is 0 Å². The second-order valence-electron chi connectivity index (χ2n) is 5.53. The molecule has 0 aromatic heterocycles. The Morgan fingerprint density at radius 1 is 1.37 bits per heavy atom. The molecule has 1 aromatic rings. The number of rotatable bonds is 7. The molecule has 1 atom stereocenters. The SMILES string of the molecule is CNCc1cccc(SCC(O)CC2CCCC2)c1. The summed E-state index contributed by atoms with van der Waals surface area (Å²) in [4.78, 5) is 1.26. The first-order chi connectivity index (χ1) is 9.28. The molecule has 1 aromatic carbocycles. The summed E-state index contributed by atoms with van der Waals surface area (Å²) in [6.07, 6.45) is 6.19. The van der Waals surface area contributed by atoms with E-state index >= 15 is 0 Å². The summed E-state index contributed by atoms with van der Waals surface area (Å²) in [6.45, 7) is 0.902. The van der Waals surface area contributed by atoms with Gasteiger partial charge in [-0.25, -0.2) is 0 Å². The monoisotopic (exact) mass is 279 g/mol. The van der Waals surface area contributed by atoms with Crippen LogP contribution in [-0.4, -0.2) is 24.0 Å². The molecule has 3 heteroatoms. The van der Waals surface area contributed by atoms with E-state index in [4.69, 9.17) is 0 Å². The average molecular weight is 279 g/mol. The standard InChI is InChI=1S/C16H25NOS/c1-17-11-14-7-4-8-16(10-14)19-12-15(18)9-13-5-2-3-6-13/h4,7-8,10,13,15,17-18H,2-3,5-6,9,11-12H2,1H3. The number of hydrogen-bond acceptors (Lipinski definition) is 3. The van der Waals surface area contributed by atoms with E-state index in [0.717, 1.165) is 24.6 Å². The van der Waals surface area contributed by atoms with Crippen molar-refractivity contribution in [3.8, 4) is 0 Å². The van der Waals surface area contributed by atoms with Crippen LogP contribution in [0, 0.1) is 5.92 Å². The molecule has 0 spiro atoms. The first-order valence-electron chi connectivity index (χ1n) is 7.32. The Bertz CT molecular complexity index is 377. The van der Waals surface area contributed by atoms with Crippen LogP contribution < -0.4 is 5.32 Å². The summed E-state index contributed by atoms with van der Waals surface area (Å²) in [5.41, 5.74) is 1.30. The molecule has 19 heavy (non-hydrogen) atoms. The van der Waals surface area contributed by atoms with Gasteiger partial charge in [0.05, 0.1) is 6.10 Å². The van der Waals surface area contributed by atoms with Crippen LogP contribution in [0.25, 0.3) is 0 Å². The normalized spacial score (nSPS) is 17.8. The van der Waals surface area contributed by atoms with Crippen LogP contribution in [0.1, 0.15) is 37.7 Å². The number of thioether (sulfide) groups is 1. The number of aliphatic hydroxyl groups is 1. The Hall–Kier alpha value is -0.510. The maximum atomic E-state index is 10.1. The van der Waals surface area contributed by atoms with Crippen molar-refractivity contribution in [2.24, 2.45) is 5.92 Å². The number of aliphatic hydroxyl groups excluding tert-OH is 1. The lowest BCUT2D eigenvalue weighted by Gasteiger charge is -2.15. The van der Waals surface area contributed by atoms with Crippen molar-refractivity contribution in [2.45, 2.75) is 49.6 Å². The third kappa shape index (κ3) is 5.17. The molecule has 106 valence electrons. The fraction of sp³-hybridized carbons (Fsp3) is 0.625. The Balaban J connectivity index is 1.75. The highest BCUT2D eigenvalue weighted by atomic mass is 32.2. The van der Waals surface area contributed by atoms with E-state index in [1.54, 1.807) is 11.8 Å². The largest absolute Gasteiger partial charge is 0.392 e. The molecule has 0 bridgehead atoms. The predicted octanol–water partition coefficient (Wildman–Crippen LogP) is 3.44. The van der Waals surface area contributed by atoms with Crippen LogP contribution in [0.2, 0.25) is 0 Å². The van der Waals surface area contributed by atoms with Gasteiger partial charge in [0.1, 0.15) is 0 Å². The third-order valence-electron chi connectivity index (χ3n) is 3.80. The molecule has 0 heterocycles. The molecule has 1 fully saturated rings. The topological polar surface area (TPSA) is 32.3 Å². The predicted molar refractivity (Wildman–Crippen MR) is 82.5 cm³/mol. The van der Waals surface area contributed by atoms with Gasteiger partial charge in [-0.05, 0) is 37.1 Å². The van der Waals surface area contributed by atoms with Gasteiger partial charge in [0.25, 0.3) is 0 Å². The van der Waals surface area contributed by atoms with Crippen LogP contribution in [0.5, 0.6) is 0 Å². The first kappa shape index (κ1) is 14.9. The number of nitrogens with one attached hydrogen (secondary N) is 1. The van der Waals surface area contributed by atoms with Gasteiger partial charge in [0, 0.05) is 17.2 Å². The lowest BCUT2D eigenvalue weighted by Crippen LogP contribution is -2.14. The van der Waals surface area contributed by atoms with Gasteiger partial charge in [-0.3, -0.25) is 0 Å². The molecule has 1 saturated carbocycles. The van der Waals surface area contributed by atoms with E-state index in [9.17, 15) is 5.11 Å². The third-order valence-corrected chi connectivity index (χ3v) is 4.94. The fourth-order valence-electron chi connectivity index (χ4n) is 2.84. The average Bonchev–Trinajstić information content (AvgIpc) is 2.90. The molecule has 0 aliphatic heterocycles. The van der Waals surface area contributed by atoms with Gasteiger partial charge in [-0.2, -0.15) is 0 Å². The Kier molecular flexibility index (Phi) is 6.21. The van der Waals surface area contributed by atoms with Crippen molar-refractivity contribution in [1.82, 2.24) is 5.32 Å². The zero-order chi connectivity index (χ0) is 13.5. The lowest BCUT2D eigenvalue weighted by atomic mass is 10.0. The molecule has 1 aliphatic rings. The van der Waals surface area contributed by atoms with Crippen molar-refractivity contribution >= 4 is 11.8 Å². The van der Waals surface area contributed by atoms with Crippen molar-refractivity contribution in [3.63, 3.8) is 0 Å². The second-order valence-corrected chi connectivity index (χ2v) is 6.62. The Morgan fingerprint density at radius 3 is 2.89 bits per heavy atom. The number of hydrogen-bond donors (Lipinski definition) is 2. The van der Waals surface area contributed by atoms with Crippen LogP contribution in [0.15, 0.2) is 29.2 Å². The minimum absolute atomic E-state index is 0.152. The van der Waals surface area contributed by atoms with E-state index < -0.39 is 0 Å². The summed E-state index contributed by atoms with van der Waals surface area (Å²) in [6, 6.07) is 8.57. The van der Waals surface area contributed by atoms with E-state index in [1.807, 2.05) is 7.05 Å². The van der Waals surface area contributed by atoms with Crippen molar-refractivity contribution < 1.29 is 5.11 Å². The van der Waals surface area contributed by atoms with E-state index in [2.05, 4.69) is 29.6 Å². The summed E-state index contributed by atoms with van der Waals surface area (Å²) in [5.74, 6) is 1.59. The van der Waals surface area contributed by atoms with Gasteiger partial charge < -0.3 is 10.4 Å². The van der Waals surface area contributed by atoms with Crippen LogP contribution in [-0.2, 0) is 6.54 Å². The van der Waals surface area contributed by atoms with Gasteiger partial charge >= 0.3 is 0 Å². The molecule has 2 rings (SSSR count). The fourth-order valence-corrected chi connectivity index (χ4v) is 3.77. The minimum atomic E-state index is -0.152. The quantitative estimate of drug-likeness (QED) is 0.750. The van der Waals surface area contributed by atoms with Gasteiger partial charge in [0.15, 0.2) is 0 Å². The summed E-state index contributed by atoms with van der Waals surface area (Å²) >= 11 is 1.77. The second kappa shape index (κ2) is 7.93. The number of benzene rings is 1. The highest BCUT2D eigenvalue weighted by Gasteiger charge is 2.18. The van der Waals surface area contributed by atoms with Crippen molar-refractivity contribution in [1.29, 1.82) is 0 Å². The van der Waals surface area contributed by atoms with Crippen LogP contribution >= 0.6 is 11.8 Å². The maximum Gasteiger partial charge on any atom is 0.0636 e. The molecule has 2 nitrogen and oxygen atoms in total. The molecule has 0 radical (unpaired) electrons. The zero-order valence-corrected chi connectivity index (χ0v) is 12.6. The molecule has 0 saturated heterocycles. The minimum Gasteiger partial charge on any atom is -0.392 e. The van der Waals surface area contributed by atoms with Crippen molar-refractivity contribution in [3.05, 3.63) is 29.8 Å². The van der Waals surface area contributed by atoms with Crippen molar-refractivity contribution in [2.75, 3.05) is 12.8 Å². The van der Waals surface area contributed by atoms with E-state index in [0.29, 0.717) is 0 Å². The highest BCUT2D eigenvalue weighted by Crippen LogP contribution is 2.30. The van der Waals surface area contributed by atoms with Crippen LogP contribution in [0.4, 0.5) is 0 Å². The molecule has 0 amide bonds. The highest BCUT2D eigenvalue weighted by molar-refractivity contribution is 7.99. The first-order valence-corrected chi connectivity index (χ1v) is 8.31.